The fourth-order valence-electron chi connectivity index (χ4n) is 1.13. The number of rotatable bonds is 0. The first-order valence-corrected chi connectivity index (χ1v) is 3.95. The van der Waals surface area contributed by atoms with Crippen LogP contribution in [0.25, 0.3) is 0 Å². The van der Waals surface area contributed by atoms with Gasteiger partial charge in [-0.1, -0.05) is 22.9 Å². The highest BCUT2D eigenvalue weighted by Gasteiger charge is 2.28. The van der Waals surface area contributed by atoms with Gasteiger partial charge in [0.1, 0.15) is 0 Å². The molecule has 0 amide bonds. The average molecular weight is 179 g/mol. The zero-order valence-corrected chi connectivity index (χ0v) is 6.56. The molecule has 0 heterocycles. The van der Waals surface area contributed by atoms with Crippen molar-refractivity contribution in [3.05, 3.63) is 0 Å². The minimum atomic E-state index is -0.0926. The second kappa shape index (κ2) is 2.36. The van der Waals surface area contributed by atoms with Crippen molar-refractivity contribution in [1.82, 2.24) is 0 Å². The van der Waals surface area contributed by atoms with E-state index in [0.29, 0.717) is 10.7 Å². The van der Waals surface area contributed by atoms with Crippen molar-refractivity contribution in [2.24, 2.45) is 5.92 Å². The minimum Gasteiger partial charge on any atom is -0.392 e. The molecule has 3 atom stereocenters. The first kappa shape index (κ1) is 6.56. The predicted molar refractivity (Wildman–Crippen MR) is 37.1 cm³/mol. The topological polar surface area (TPSA) is 20.2 Å². The molecule has 1 aliphatic rings. The summed E-state index contributed by atoms with van der Waals surface area (Å²) >= 11 is 3.42. The lowest BCUT2D eigenvalue weighted by Gasteiger charge is -2.08. The van der Waals surface area contributed by atoms with E-state index in [1.165, 1.54) is 0 Å². The number of halogens is 1. The Hall–Kier alpha value is 0.440. The molecule has 8 heavy (non-hydrogen) atoms. The Morgan fingerprint density at radius 2 is 2.12 bits per heavy atom. The molecule has 0 aromatic rings. The fourth-order valence-corrected chi connectivity index (χ4v) is 1.66. The molecule has 0 aromatic heterocycles. The molecule has 1 fully saturated rings. The van der Waals surface area contributed by atoms with Crippen LogP contribution in [-0.2, 0) is 0 Å². The molecule has 0 aromatic carbocycles. The third-order valence-corrected chi connectivity index (χ3v) is 3.34. The second-order valence-corrected chi connectivity index (χ2v) is 3.62. The van der Waals surface area contributed by atoms with E-state index >= 15 is 0 Å². The summed E-state index contributed by atoms with van der Waals surface area (Å²) < 4.78 is 0. The molecule has 0 spiro atoms. The third kappa shape index (κ3) is 1.06. The van der Waals surface area contributed by atoms with Gasteiger partial charge in [-0.2, -0.15) is 0 Å². The zero-order chi connectivity index (χ0) is 6.15. The van der Waals surface area contributed by atoms with Crippen molar-refractivity contribution < 1.29 is 5.11 Å². The molecule has 0 bridgehead atoms. The van der Waals surface area contributed by atoms with Crippen LogP contribution in [-0.4, -0.2) is 16.0 Å². The van der Waals surface area contributed by atoms with Gasteiger partial charge < -0.3 is 5.11 Å². The van der Waals surface area contributed by atoms with Crippen LogP contribution in [0.3, 0.4) is 0 Å². The number of alkyl halides is 1. The number of hydrogen-bond acceptors (Lipinski definition) is 1. The number of aliphatic hydroxyl groups excluding tert-OH is 1. The van der Waals surface area contributed by atoms with Crippen LogP contribution in [0, 0.1) is 5.92 Å². The van der Waals surface area contributed by atoms with Crippen molar-refractivity contribution in [3.63, 3.8) is 0 Å². The van der Waals surface area contributed by atoms with Crippen molar-refractivity contribution in [1.29, 1.82) is 0 Å². The summed E-state index contributed by atoms with van der Waals surface area (Å²) in [5.41, 5.74) is 0. The van der Waals surface area contributed by atoms with E-state index in [2.05, 4.69) is 22.9 Å². The lowest BCUT2D eigenvalue weighted by atomic mass is 10.1. The van der Waals surface area contributed by atoms with E-state index < -0.39 is 0 Å². The SMILES string of the molecule is C[C@@H]1CC[C@H](O)[C@H]1Br. The van der Waals surface area contributed by atoms with E-state index in [0.717, 1.165) is 12.8 Å². The summed E-state index contributed by atoms with van der Waals surface area (Å²) in [6, 6.07) is 0. The maximum Gasteiger partial charge on any atom is 0.0667 e. The molecule has 0 radical (unpaired) electrons. The standard InChI is InChI=1S/C6H11BrO/c1-4-2-3-5(8)6(4)7/h4-6,8H,2-3H2,1H3/t4-,5+,6+/m1/s1. The first-order valence-electron chi connectivity index (χ1n) is 3.04. The molecule has 0 unspecified atom stereocenters. The van der Waals surface area contributed by atoms with E-state index in [-0.39, 0.29) is 6.10 Å². The molecule has 0 aliphatic heterocycles. The van der Waals surface area contributed by atoms with Gasteiger partial charge >= 0.3 is 0 Å². The Balaban J connectivity index is 2.44. The molecule has 0 saturated heterocycles. The van der Waals surface area contributed by atoms with Crippen molar-refractivity contribution in [3.8, 4) is 0 Å². The van der Waals surface area contributed by atoms with E-state index in [4.69, 9.17) is 5.11 Å². The molecule has 1 saturated carbocycles. The zero-order valence-electron chi connectivity index (χ0n) is 4.97. The monoisotopic (exact) mass is 178 g/mol. The number of aliphatic hydroxyl groups is 1. The van der Waals surface area contributed by atoms with Gasteiger partial charge in [0.05, 0.1) is 6.10 Å². The van der Waals surface area contributed by atoms with Gasteiger partial charge in [-0.25, -0.2) is 0 Å². The van der Waals surface area contributed by atoms with Crippen LogP contribution in [0.4, 0.5) is 0 Å². The summed E-state index contributed by atoms with van der Waals surface area (Å²) in [6.07, 6.45) is 2.04. The molecular weight excluding hydrogens is 168 g/mol. The minimum absolute atomic E-state index is 0.0926. The van der Waals surface area contributed by atoms with Gasteiger partial charge in [-0.3, -0.25) is 0 Å². The summed E-state index contributed by atoms with van der Waals surface area (Å²) in [6.45, 7) is 2.16. The quantitative estimate of drug-likeness (QED) is 0.559. The Kier molecular flexibility index (Phi) is 1.93. The average Bonchev–Trinajstić information content (AvgIpc) is 1.98. The van der Waals surface area contributed by atoms with Crippen molar-refractivity contribution in [2.45, 2.75) is 30.7 Å². The van der Waals surface area contributed by atoms with Crippen LogP contribution in [0.2, 0.25) is 0 Å². The van der Waals surface area contributed by atoms with E-state index in [1.807, 2.05) is 0 Å². The number of hydrogen-bond donors (Lipinski definition) is 1. The summed E-state index contributed by atoms with van der Waals surface area (Å²) in [5.74, 6) is 0.657. The highest BCUT2D eigenvalue weighted by Crippen LogP contribution is 2.30. The molecule has 48 valence electrons. The highest BCUT2D eigenvalue weighted by molar-refractivity contribution is 9.09. The van der Waals surface area contributed by atoms with Crippen LogP contribution >= 0.6 is 15.9 Å². The van der Waals surface area contributed by atoms with Gasteiger partial charge in [0.15, 0.2) is 0 Å². The lowest BCUT2D eigenvalue weighted by molar-refractivity contribution is 0.186. The van der Waals surface area contributed by atoms with Crippen LogP contribution in [0.1, 0.15) is 19.8 Å². The van der Waals surface area contributed by atoms with E-state index in [1.54, 1.807) is 0 Å². The Bertz CT molecular complexity index is 74.6. The third-order valence-electron chi connectivity index (χ3n) is 1.83. The van der Waals surface area contributed by atoms with Gasteiger partial charge in [0.25, 0.3) is 0 Å². The van der Waals surface area contributed by atoms with E-state index in [9.17, 15) is 0 Å². The smallest absolute Gasteiger partial charge is 0.0667 e. The molecule has 2 heteroatoms. The van der Waals surface area contributed by atoms with Crippen molar-refractivity contribution >= 4 is 15.9 Å². The summed E-state index contributed by atoms with van der Waals surface area (Å²) in [7, 11) is 0. The van der Waals surface area contributed by atoms with Gasteiger partial charge in [0, 0.05) is 4.83 Å². The molecule has 1 rings (SSSR count). The molecule has 1 N–H and O–H groups in total. The fraction of sp³-hybridized carbons (Fsp3) is 1.00. The lowest BCUT2D eigenvalue weighted by Crippen LogP contribution is -2.16. The predicted octanol–water partition coefficient (Wildman–Crippen LogP) is 1.54. The maximum atomic E-state index is 9.12. The van der Waals surface area contributed by atoms with Gasteiger partial charge in [-0.05, 0) is 18.8 Å². The molecule has 1 nitrogen and oxygen atoms in total. The highest BCUT2D eigenvalue weighted by atomic mass is 79.9. The van der Waals surface area contributed by atoms with Crippen LogP contribution in [0.15, 0.2) is 0 Å². The molecule has 1 aliphatic carbocycles. The maximum absolute atomic E-state index is 9.12. The van der Waals surface area contributed by atoms with Crippen LogP contribution < -0.4 is 0 Å². The Morgan fingerprint density at radius 1 is 1.50 bits per heavy atom. The Morgan fingerprint density at radius 3 is 2.25 bits per heavy atom. The summed E-state index contributed by atoms with van der Waals surface area (Å²) in [4.78, 5) is 0.350. The second-order valence-electron chi connectivity index (χ2n) is 2.57. The van der Waals surface area contributed by atoms with Gasteiger partial charge in [-0.15, -0.1) is 0 Å². The normalized spacial score (nSPS) is 47.6. The van der Waals surface area contributed by atoms with Crippen LogP contribution in [0.5, 0.6) is 0 Å². The van der Waals surface area contributed by atoms with Gasteiger partial charge in [0.2, 0.25) is 0 Å². The summed E-state index contributed by atoms with van der Waals surface area (Å²) in [5, 5.41) is 9.12. The first-order chi connectivity index (χ1) is 3.72. The molecular formula is C6H11BrO. The largest absolute Gasteiger partial charge is 0.392 e. The Labute approximate surface area is 58.2 Å². The van der Waals surface area contributed by atoms with Crippen molar-refractivity contribution in [2.75, 3.05) is 0 Å².